The van der Waals surface area contributed by atoms with Gasteiger partial charge in [0.25, 0.3) is 0 Å². The van der Waals surface area contributed by atoms with E-state index in [2.05, 4.69) is 16.3 Å². The molecular formula is C14H23N3O. The van der Waals surface area contributed by atoms with Crippen molar-refractivity contribution in [2.45, 2.75) is 38.3 Å². The Labute approximate surface area is 109 Å². The van der Waals surface area contributed by atoms with Gasteiger partial charge in [-0.25, -0.2) is 4.99 Å². The number of nitrogens with zero attached hydrogens (tertiary/aromatic N) is 2. The van der Waals surface area contributed by atoms with Crippen molar-refractivity contribution in [3.05, 3.63) is 11.6 Å². The van der Waals surface area contributed by atoms with E-state index in [1.165, 1.54) is 44.3 Å². The summed E-state index contributed by atoms with van der Waals surface area (Å²) in [4.78, 5) is 7.38. The number of aliphatic imine (C=N–C) groups is 1. The summed E-state index contributed by atoms with van der Waals surface area (Å²) in [7, 11) is 0. The summed E-state index contributed by atoms with van der Waals surface area (Å²) < 4.78 is 5.75. The van der Waals surface area contributed by atoms with Gasteiger partial charge in [-0.1, -0.05) is 18.9 Å². The molecule has 0 unspecified atom stereocenters. The lowest BCUT2D eigenvalue weighted by Crippen LogP contribution is -2.37. The van der Waals surface area contributed by atoms with Crippen LogP contribution in [0.25, 0.3) is 0 Å². The minimum absolute atomic E-state index is 0.319. The first kappa shape index (κ1) is 12.2. The van der Waals surface area contributed by atoms with Crippen LogP contribution in [-0.2, 0) is 4.74 Å². The van der Waals surface area contributed by atoms with Crippen LogP contribution < -0.4 is 5.32 Å². The predicted octanol–water partition coefficient (Wildman–Crippen LogP) is 1.54. The van der Waals surface area contributed by atoms with Crippen LogP contribution in [0.1, 0.15) is 32.1 Å². The zero-order valence-electron chi connectivity index (χ0n) is 11.0. The highest BCUT2D eigenvalue weighted by atomic mass is 16.5. The summed E-state index contributed by atoms with van der Waals surface area (Å²) in [6, 6.07) is 0. The van der Waals surface area contributed by atoms with E-state index < -0.39 is 0 Å². The molecule has 0 aromatic rings. The molecule has 2 saturated heterocycles. The van der Waals surface area contributed by atoms with E-state index in [1.54, 1.807) is 0 Å². The molecule has 0 spiro atoms. The molecule has 0 saturated carbocycles. The largest absolute Gasteiger partial charge is 0.476 e. The molecule has 1 atom stereocenters. The number of hydrogen-bond acceptors (Lipinski definition) is 4. The van der Waals surface area contributed by atoms with Gasteiger partial charge in [0.05, 0.1) is 0 Å². The Hall–Kier alpha value is -0.870. The summed E-state index contributed by atoms with van der Waals surface area (Å²) in [5.74, 6) is 0.889. The third-order valence-electron chi connectivity index (χ3n) is 4.01. The van der Waals surface area contributed by atoms with Crippen molar-refractivity contribution in [3.8, 4) is 0 Å². The average molecular weight is 249 g/mol. The second-order valence-electron chi connectivity index (χ2n) is 5.36. The molecule has 1 N–H and O–H groups in total. The smallest absolute Gasteiger partial charge is 0.214 e. The van der Waals surface area contributed by atoms with Gasteiger partial charge in [-0.2, -0.15) is 0 Å². The van der Waals surface area contributed by atoms with Crippen LogP contribution >= 0.6 is 0 Å². The van der Waals surface area contributed by atoms with Crippen LogP contribution in [-0.4, -0.2) is 49.7 Å². The topological polar surface area (TPSA) is 36.9 Å². The fourth-order valence-corrected chi connectivity index (χ4v) is 2.95. The third-order valence-corrected chi connectivity index (χ3v) is 4.01. The standard InChI is InChI=1S/C14H23N3O/c1-2-4-9-17(8-3-1)13-6-5-12-11-15-7-10-18-14(12)16-13/h5,13,15H,1-4,6-11H2/t13-/m1/s1. The number of rotatable bonds is 1. The van der Waals surface area contributed by atoms with Gasteiger partial charge in [-0.15, -0.1) is 0 Å². The summed E-state index contributed by atoms with van der Waals surface area (Å²) in [5.41, 5.74) is 1.25. The van der Waals surface area contributed by atoms with Gasteiger partial charge < -0.3 is 10.1 Å². The van der Waals surface area contributed by atoms with E-state index >= 15 is 0 Å². The quantitative estimate of drug-likeness (QED) is 0.766. The highest BCUT2D eigenvalue weighted by Gasteiger charge is 2.25. The monoisotopic (exact) mass is 249 g/mol. The van der Waals surface area contributed by atoms with E-state index in [-0.39, 0.29) is 0 Å². The summed E-state index contributed by atoms with van der Waals surface area (Å²) in [6.45, 7) is 4.96. The average Bonchev–Trinajstić information content (AvgIpc) is 2.80. The maximum atomic E-state index is 5.75. The van der Waals surface area contributed by atoms with Crippen molar-refractivity contribution in [3.63, 3.8) is 0 Å². The Morgan fingerprint density at radius 1 is 1.22 bits per heavy atom. The molecule has 3 aliphatic heterocycles. The SMILES string of the molecule is C1=C2CNCCOC2=N[C@H](N2CCCCCC2)C1. The number of fused-ring (bicyclic) bond motifs is 1. The van der Waals surface area contributed by atoms with Crippen molar-refractivity contribution in [2.24, 2.45) is 4.99 Å². The van der Waals surface area contributed by atoms with E-state index in [9.17, 15) is 0 Å². The Bertz CT molecular complexity index is 343. The van der Waals surface area contributed by atoms with E-state index in [1.807, 2.05) is 0 Å². The normalized spacial score (nSPS) is 30.3. The first-order chi connectivity index (χ1) is 8.93. The lowest BCUT2D eigenvalue weighted by molar-refractivity contribution is 0.202. The summed E-state index contributed by atoms with van der Waals surface area (Å²) >= 11 is 0. The Balaban J connectivity index is 1.69. The maximum absolute atomic E-state index is 5.75. The van der Waals surface area contributed by atoms with Gasteiger partial charge in [-0.05, 0) is 12.8 Å². The van der Waals surface area contributed by atoms with E-state index in [4.69, 9.17) is 9.73 Å². The van der Waals surface area contributed by atoms with Gasteiger partial charge in [0.2, 0.25) is 5.90 Å². The minimum Gasteiger partial charge on any atom is -0.476 e. The number of ether oxygens (including phenoxy) is 1. The van der Waals surface area contributed by atoms with Gasteiger partial charge in [0, 0.05) is 38.2 Å². The second kappa shape index (κ2) is 5.85. The lowest BCUT2D eigenvalue weighted by atomic mass is 10.1. The zero-order valence-corrected chi connectivity index (χ0v) is 11.0. The third kappa shape index (κ3) is 2.75. The summed E-state index contributed by atoms with van der Waals surface area (Å²) in [5, 5.41) is 3.36. The van der Waals surface area contributed by atoms with Gasteiger partial charge >= 0.3 is 0 Å². The number of dihydropyridines is 1. The Kier molecular flexibility index (Phi) is 3.96. The molecule has 3 aliphatic rings. The van der Waals surface area contributed by atoms with Gasteiger partial charge in [0.15, 0.2) is 0 Å². The molecule has 3 heterocycles. The number of hydrogen-bond donors (Lipinski definition) is 1. The molecule has 0 bridgehead atoms. The van der Waals surface area contributed by atoms with E-state index in [0.717, 1.165) is 32.0 Å². The molecule has 4 nitrogen and oxygen atoms in total. The minimum atomic E-state index is 0.319. The van der Waals surface area contributed by atoms with Crippen LogP contribution in [0.4, 0.5) is 0 Å². The first-order valence-corrected chi connectivity index (χ1v) is 7.28. The number of likely N-dealkylation sites (tertiary alicyclic amines) is 1. The highest BCUT2D eigenvalue weighted by Crippen LogP contribution is 2.21. The molecule has 18 heavy (non-hydrogen) atoms. The second-order valence-corrected chi connectivity index (χ2v) is 5.36. The van der Waals surface area contributed by atoms with Gasteiger partial charge in [-0.3, -0.25) is 4.90 Å². The summed E-state index contributed by atoms with van der Waals surface area (Å²) in [6.07, 6.45) is 9.07. The van der Waals surface area contributed by atoms with Crippen LogP contribution in [0.5, 0.6) is 0 Å². The fourth-order valence-electron chi connectivity index (χ4n) is 2.95. The molecule has 0 aliphatic carbocycles. The lowest BCUT2D eigenvalue weighted by Gasteiger charge is -2.29. The van der Waals surface area contributed by atoms with Crippen LogP contribution in [0.2, 0.25) is 0 Å². The van der Waals surface area contributed by atoms with Crippen molar-refractivity contribution >= 4 is 5.90 Å². The van der Waals surface area contributed by atoms with Crippen molar-refractivity contribution in [2.75, 3.05) is 32.8 Å². The molecule has 100 valence electrons. The van der Waals surface area contributed by atoms with Crippen LogP contribution in [0.15, 0.2) is 16.6 Å². The molecule has 0 radical (unpaired) electrons. The van der Waals surface area contributed by atoms with E-state index in [0.29, 0.717) is 6.17 Å². The molecule has 0 amide bonds. The first-order valence-electron chi connectivity index (χ1n) is 7.28. The predicted molar refractivity (Wildman–Crippen MR) is 72.8 cm³/mol. The number of nitrogens with one attached hydrogen (secondary N) is 1. The fraction of sp³-hybridized carbons (Fsp3) is 0.786. The maximum Gasteiger partial charge on any atom is 0.214 e. The molecule has 3 rings (SSSR count). The molecule has 0 aromatic heterocycles. The Morgan fingerprint density at radius 2 is 2.06 bits per heavy atom. The van der Waals surface area contributed by atoms with Crippen LogP contribution in [0.3, 0.4) is 0 Å². The molecule has 0 aromatic carbocycles. The molecule has 2 fully saturated rings. The molecular weight excluding hydrogens is 226 g/mol. The van der Waals surface area contributed by atoms with Gasteiger partial charge in [0.1, 0.15) is 12.8 Å². The van der Waals surface area contributed by atoms with Crippen LogP contribution in [0, 0.1) is 0 Å². The Morgan fingerprint density at radius 3 is 2.89 bits per heavy atom. The molecule has 4 heteroatoms. The van der Waals surface area contributed by atoms with Crippen molar-refractivity contribution in [1.29, 1.82) is 0 Å². The zero-order chi connectivity index (χ0) is 12.2. The van der Waals surface area contributed by atoms with Crippen molar-refractivity contribution in [1.82, 2.24) is 10.2 Å². The highest BCUT2D eigenvalue weighted by molar-refractivity contribution is 5.94. The van der Waals surface area contributed by atoms with Crippen molar-refractivity contribution < 1.29 is 4.74 Å².